The molecule has 0 bridgehead atoms. The van der Waals surface area contributed by atoms with Crippen molar-refractivity contribution in [3.8, 4) is 0 Å². The minimum Gasteiger partial charge on any atom is -0.444 e. The number of nitrogens with two attached hydrogens (primary N) is 1. The molecule has 0 saturated heterocycles. The zero-order valence-electron chi connectivity index (χ0n) is 9.27. The molecule has 0 spiro atoms. The number of rotatable bonds is 4. The topological polar surface area (TPSA) is 89.9 Å². The molecule has 0 radical (unpaired) electrons. The molecular formula is C10H12BrN5O. The summed E-state index contributed by atoms with van der Waals surface area (Å²) in [5.74, 6) is 2.49. The van der Waals surface area contributed by atoms with E-state index in [0.29, 0.717) is 28.5 Å². The maximum absolute atomic E-state index is 5.64. The predicted molar refractivity (Wildman–Crippen MR) is 67.4 cm³/mol. The number of hydrogen-bond acceptors (Lipinski definition) is 6. The van der Waals surface area contributed by atoms with Crippen LogP contribution in [-0.2, 0) is 13.0 Å². The normalized spacial score (nSPS) is 10.5. The third-order valence-corrected chi connectivity index (χ3v) is 2.96. The lowest BCUT2D eigenvalue weighted by molar-refractivity contribution is 0.465. The van der Waals surface area contributed by atoms with Crippen LogP contribution in [-0.4, -0.2) is 15.0 Å². The van der Waals surface area contributed by atoms with E-state index in [1.807, 2.05) is 6.92 Å². The smallest absolute Gasteiger partial charge is 0.213 e. The van der Waals surface area contributed by atoms with E-state index in [1.165, 1.54) is 6.33 Å². The first-order valence-electron chi connectivity index (χ1n) is 5.14. The first kappa shape index (κ1) is 11.8. The average Bonchev–Trinajstić information content (AvgIpc) is 2.79. The summed E-state index contributed by atoms with van der Waals surface area (Å²) in [4.78, 5) is 12.1. The van der Waals surface area contributed by atoms with Crippen LogP contribution in [0.5, 0.6) is 0 Å². The van der Waals surface area contributed by atoms with Crippen LogP contribution in [0.1, 0.15) is 18.6 Å². The summed E-state index contributed by atoms with van der Waals surface area (Å²) < 4.78 is 6.10. The first-order chi connectivity index (χ1) is 8.20. The molecule has 2 rings (SSSR count). The second-order valence-corrected chi connectivity index (χ2v) is 4.14. The number of aryl methyl sites for hydroxylation is 1. The van der Waals surface area contributed by atoms with Crippen LogP contribution < -0.4 is 11.1 Å². The molecule has 0 fully saturated rings. The maximum Gasteiger partial charge on any atom is 0.213 e. The summed E-state index contributed by atoms with van der Waals surface area (Å²) in [6, 6.07) is 0. The first-order valence-corrected chi connectivity index (χ1v) is 5.93. The lowest BCUT2D eigenvalue weighted by atomic mass is 10.4. The third-order valence-electron chi connectivity index (χ3n) is 2.17. The van der Waals surface area contributed by atoms with Crippen molar-refractivity contribution in [2.45, 2.75) is 19.9 Å². The molecule has 2 aromatic rings. The van der Waals surface area contributed by atoms with E-state index in [4.69, 9.17) is 10.2 Å². The molecule has 0 amide bonds. The average molecular weight is 298 g/mol. The van der Waals surface area contributed by atoms with Crippen molar-refractivity contribution < 1.29 is 4.42 Å². The van der Waals surface area contributed by atoms with Gasteiger partial charge in [-0.1, -0.05) is 6.92 Å². The van der Waals surface area contributed by atoms with Crippen molar-refractivity contribution in [2.75, 3.05) is 11.1 Å². The number of nitrogen functional groups attached to an aromatic ring is 1. The van der Waals surface area contributed by atoms with Gasteiger partial charge in [-0.25, -0.2) is 15.0 Å². The molecule has 6 nitrogen and oxygen atoms in total. The van der Waals surface area contributed by atoms with Crippen LogP contribution in [0.2, 0.25) is 0 Å². The minimum absolute atomic E-state index is 0.393. The van der Waals surface area contributed by atoms with E-state index < -0.39 is 0 Å². The van der Waals surface area contributed by atoms with Crippen molar-refractivity contribution in [3.05, 3.63) is 28.6 Å². The van der Waals surface area contributed by atoms with Crippen LogP contribution in [0.4, 0.5) is 11.6 Å². The monoisotopic (exact) mass is 297 g/mol. The van der Waals surface area contributed by atoms with E-state index in [1.54, 1.807) is 6.20 Å². The molecule has 0 atom stereocenters. The van der Waals surface area contributed by atoms with Crippen LogP contribution in [0.3, 0.4) is 0 Å². The molecule has 2 aromatic heterocycles. The van der Waals surface area contributed by atoms with Crippen molar-refractivity contribution in [1.29, 1.82) is 0 Å². The molecule has 2 heterocycles. The predicted octanol–water partition coefficient (Wildman–Crippen LogP) is 1.98. The van der Waals surface area contributed by atoms with Gasteiger partial charge < -0.3 is 15.5 Å². The number of halogens is 1. The fourth-order valence-electron chi connectivity index (χ4n) is 1.26. The quantitative estimate of drug-likeness (QED) is 0.897. The number of hydrogen-bond donors (Lipinski definition) is 2. The molecule has 90 valence electrons. The highest BCUT2D eigenvalue weighted by atomic mass is 79.9. The van der Waals surface area contributed by atoms with Gasteiger partial charge >= 0.3 is 0 Å². The summed E-state index contributed by atoms with van der Waals surface area (Å²) >= 11 is 3.31. The van der Waals surface area contributed by atoms with Crippen LogP contribution in [0.15, 0.2) is 21.4 Å². The number of anilines is 2. The SMILES string of the molecule is CCc1cnc(CNc2ncnc(N)c2Br)o1. The Morgan fingerprint density at radius 2 is 2.24 bits per heavy atom. The Bertz CT molecular complexity index is 513. The van der Waals surface area contributed by atoms with E-state index in [0.717, 1.165) is 12.2 Å². The van der Waals surface area contributed by atoms with Gasteiger partial charge in [-0.2, -0.15) is 0 Å². The van der Waals surface area contributed by atoms with Gasteiger partial charge in [0.2, 0.25) is 5.89 Å². The van der Waals surface area contributed by atoms with Crippen molar-refractivity contribution in [1.82, 2.24) is 15.0 Å². The van der Waals surface area contributed by atoms with Gasteiger partial charge in [0.05, 0.1) is 12.7 Å². The zero-order valence-corrected chi connectivity index (χ0v) is 10.9. The summed E-state index contributed by atoms with van der Waals surface area (Å²) in [5, 5.41) is 3.07. The van der Waals surface area contributed by atoms with Crippen molar-refractivity contribution in [2.24, 2.45) is 0 Å². The molecule has 17 heavy (non-hydrogen) atoms. The van der Waals surface area contributed by atoms with Gasteiger partial charge in [0.15, 0.2) is 0 Å². The van der Waals surface area contributed by atoms with Gasteiger partial charge in [0, 0.05) is 6.42 Å². The second-order valence-electron chi connectivity index (χ2n) is 3.35. The lowest BCUT2D eigenvalue weighted by Gasteiger charge is -2.05. The summed E-state index contributed by atoms with van der Waals surface area (Å²) in [7, 11) is 0. The maximum atomic E-state index is 5.64. The molecule has 0 aliphatic rings. The highest BCUT2D eigenvalue weighted by molar-refractivity contribution is 9.10. The van der Waals surface area contributed by atoms with E-state index in [2.05, 4.69) is 36.2 Å². The summed E-state index contributed by atoms with van der Waals surface area (Å²) in [5.41, 5.74) is 5.64. The fourth-order valence-corrected chi connectivity index (χ4v) is 1.60. The largest absolute Gasteiger partial charge is 0.444 e. The Hall–Kier alpha value is -1.63. The summed E-state index contributed by atoms with van der Waals surface area (Å²) in [6.45, 7) is 2.47. The number of nitrogens with zero attached hydrogens (tertiary/aromatic N) is 3. The lowest BCUT2D eigenvalue weighted by Crippen LogP contribution is -2.04. The van der Waals surface area contributed by atoms with E-state index in [-0.39, 0.29) is 0 Å². The molecule has 0 aliphatic heterocycles. The van der Waals surface area contributed by atoms with Crippen molar-refractivity contribution >= 4 is 27.6 Å². The van der Waals surface area contributed by atoms with Gasteiger partial charge in [-0.15, -0.1) is 0 Å². The van der Waals surface area contributed by atoms with Gasteiger partial charge in [-0.05, 0) is 15.9 Å². The number of aromatic nitrogens is 3. The van der Waals surface area contributed by atoms with Gasteiger partial charge in [-0.3, -0.25) is 0 Å². The Kier molecular flexibility index (Phi) is 3.58. The highest BCUT2D eigenvalue weighted by Crippen LogP contribution is 2.24. The molecule has 7 heteroatoms. The van der Waals surface area contributed by atoms with Gasteiger partial charge in [0.25, 0.3) is 0 Å². The molecule has 0 aliphatic carbocycles. The second kappa shape index (κ2) is 5.13. The summed E-state index contributed by atoms with van der Waals surface area (Å²) in [6.07, 6.45) is 3.95. The molecule has 0 saturated carbocycles. The Morgan fingerprint density at radius 3 is 2.94 bits per heavy atom. The molecule has 0 aromatic carbocycles. The molecule has 0 unspecified atom stereocenters. The standard InChI is InChI=1S/C10H12BrN5O/c1-2-6-3-13-7(17-6)4-14-10-8(11)9(12)15-5-16-10/h3,5H,2,4H2,1H3,(H3,12,14,15,16). The zero-order chi connectivity index (χ0) is 12.3. The Morgan fingerprint density at radius 1 is 1.41 bits per heavy atom. The number of nitrogens with one attached hydrogen (secondary N) is 1. The van der Waals surface area contributed by atoms with Crippen molar-refractivity contribution in [3.63, 3.8) is 0 Å². The molecule has 3 N–H and O–H groups in total. The van der Waals surface area contributed by atoms with Gasteiger partial charge in [0.1, 0.15) is 28.2 Å². The fraction of sp³-hybridized carbons (Fsp3) is 0.300. The van der Waals surface area contributed by atoms with Crippen LogP contribution >= 0.6 is 15.9 Å². The Balaban J connectivity index is 2.04. The van der Waals surface area contributed by atoms with E-state index >= 15 is 0 Å². The highest BCUT2D eigenvalue weighted by Gasteiger charge is 2.07. The minimum atomic E-state index is 0.393. The van der Waals surface area contributed by atoms with E-state index in [9.17, 15) is 0 Å². The Labute approximate surface area is 107 Å². The number of oxazole rings is 1. The van der Waals surface area contributed by atoms with Crippen LogP contribution in [0.25, 0.3) is 0 Å². The van der Waals surface area contributed by atoms with Crippen LogP contribution in [0, 0.1) is 0 Å². The molecular weight excluding hydrogens is 286 g/mol. The third kappa shape index (κ3) is 2.73.